The molecule has 1 unspecified atom stereocenters. The Hall–Kier alpha value is -6.07. The van der Waals surface area contributed by atoms with E-state index in [2.05, 4.69) is 34.3 Å². The second-order valence-electron chi connectivity index (χ2n) is 14.9. The lowest BCUT2D eigenvalue weighted by molar-refractivity contribution is -0.143. The van der Waals surface area contributed by atoms with Crippen LogP contribution in [-0.2, 0) is 35.6 Å². The number of carbonyl (C=O) groups excluding carboxylic acids is 1. The average Bonchev–Trinajstić information content (AvgIpc) is 3.27. The van der Waals surface area contributed by atoms with Crippen molar-refractivity contribution < 1.29 is 33.6 Å². The predicted octanol–water partition coefficient (Wildman–Crippen LogP) is 9.96. The molecule has 6 aromatic rings. The smallest absolute Gasteiger partial charge is 0.326 e. The van der Waals surface area contributed by atoms with E-state index in [1.807, 2.05) is 60.7 Å². The summed E-state index contributed by atoms with van der Waals surface area (Å²) in [5.41, 5.74) is 5.64. The van der Waals surface area contributed by atoms with Gasteiger partial charge in [-0.15, -0.1) is 0 Å². The van der Waals surface area contributed by atoms with E-state index in [9.17, 15) is 14.7 Å². The Morgan fingerprint density at radius 3 is 2.32 bits per heavy atom. The number of aromatic nitrogens is 1. The van der Waals surface area contributed by atoms with Crippen LogP contribution in [0.25, 0.3) is 0 Å². The summed E-state index contributed by atoms with van der Waals surface area (Å²) in [6, 6.07) is 36.1. The molecule has 3 heterocycles. The number of hydrogen-bond donors (Lipinski definition) is 2. The van der Waals surface area contributed by atoms with Crippen molar-refractivity contribution in [2.45, 2.75) is 63.6 Å². The van der Waals surface area contributed by atoms with Gasteiger partial charge in [0.2, 0.25) is 5.91 Å². The van der Waals surface area contributed by atoms with Gasteiger partial charge in [-0.2, -0.15) is 0 Å². The zero-order chi connectivity index (χ0) is 41.6. The maximum absolute atomic E-state index is 14.4. The summed E-state index contributed by atoms with van der Waals surface area (Å²) < 4.78 is 24.7. The maximum atomic E-state index is 14.4. The quantitative estimate of drug-likeness (QED) is 0.110. The zero-order valence-electron chi connectivity index (χ0n) is 32.8. The Bertz CT molecular complexity index is 2440. The molecule has 0 aliphatic carbocycles. The molecule has 1 aromatic heterocycles. The number of nitrogens with zero attached hydrogens (tertiary/aromatic N) is 2. The molecule has 0 spiro atoms. The summed E-state index contributed by atoms with van der Waals surface area (Å²) in [6.07, 6.45) is 4.13. The van der Waals surface area contributed by atoms with E-state index in [1.54, 1.807) is 60.9 Å². The van der Waals surface area contributed by atoms with Crippen LogP contribution in [0.3, 0.4) is 0 Å². The lowest BCUT2D eigenvalue weighted by Crippen LogP contribution is -2.55. The standard InChI is InChI=1S/C48H43Cl2N3O7/c1-2-42(32-7-4-3-5-8-32)53-27-35-25-45-44(58-29-46(60-45)33-13-17-36(18-14-33)57-28-31-12-19-39(49)40(50)21-31)24-34(35)23-43(53)47(54)52-41(48(55)56)22-30-10-15-37(16-11-30)59-38-9-6-20-51-26-38/h3-21,24-26,41-43,46H,2,22-23,27-29H2,1H3,(H,52,54)(H,55,56)/t41?,42-,43-,46+/m0/s1. The van der Waals surface area contributed by atoms with Crippen molar-refractivity contribution in [1.82, 2.24) is 15.2 Å². The van der Waals surface area contributed by atoms with Gasteiger partial charge in [0, 0.05) is 25.2 Å². The predicted molar refractivity (Wildman–Crippen MR) is 229 cm³/mol. The molecule has 4 atom stereocenters. The minimum absolute atomic E-state index is 0.0990. The molecule has 12 heteroatoms. The lowest BCUT2D eigenvalue weighted by atomic mass is 9.89. The summed E-state index contributed by atoms with van der Waals surface area (Å²) in [7, 11) is 0. The van der Waals surface area contributed by atoms with Crippen molar-refractivity contribution in [3.8, 4) is 28.7 Å². The van der Waals surface area contributed by atoms with Gasteiger partial charge in [-0.1, -0.05) is 90.8 Å². The molecule has 0 bridgehead atoms. The minimum atomic E-state index is -1.15. The highest BCUT2D eigenvalue weighted by Crippen LogP contribution is 2.42. The number of carbonyl (C=O) groups is 2. The summed E-state index contributed by atoms with van der Waals surface area (Å²) >= 11 is 12.2. The molecule has 10 nitrogen and oxygen atoms in total. The molecular formula is C48H43Cl2N3O7. The van der Waals surface area contributed by atoms with E-state index >= 15 is 0 Å². The average molecular weight is 845 g/mol. The van der Waals surface area contributed by atoms with Crippen LogP contribution in [-0.4, -0.2) is 45.6 Å². The van der Waals surface area contributed by atoms with E-state index in [0.29, 0.717) is 65.0 Å². The monoisotopic (exact) mass is 843 g/mol. The van der Waals surface area contributed by atoms with Gasteiger partial charge >= 0.3 is 5.97 Å². The van der Waals surface area contributed by atoms with Crippen LogP contribution < -0.4 is 24.3 Å². The first-order valence-electron chi connectivity index (χ1n) is 19.8. The maximum Gasteiger partial charge on any atom is 0.326 e. The van der Waals surface area contributed by atoms with Gasteiger partial charge in [0.05, 0.1) is 22.3 Å². The SMILES string of the molecule is CC[C@@H](c1ccccc1)N1Cc2cc3c(cc2C[C@H]1C(=O)NC(Cc1ccc(Oc2cccnc2)cc1)C(=O)O)OC[C@H](c1ccc(OCc2ccc(Cl)c(Cl)c2)cc1)O3. The van der Waals surface area contributed by atoms with Crippen LogP contribution in [0.4, 0.5) is 0 Å². The van der Waals surface area contributed by atoms with Crippen molar-refractivity contribution in [2.24, 2.45) is 0 Å². The molecule has 0 fully saturated rings. The van der Waals surface area contributed by atoms with Crippen LogP contribution in [0.15, 0.2) is 134 Å². The van der Waals surface area contributed by atoms with Crippen LogP contribution in [0, 0.1) is 0 Å². The first-order chi connectivity index (χ1) is 29.2. The van der Waals surface area contributed by atoms with Crippen LogP contribution in [0.1, 0.15) is 58.9 Å². The molecule has 2 N–H and O–H groups in total. The summed E-state index contributed by atoms with van der Waals surface area (Å²) in [5.74, 6) is 1.66. The fraction of sp³-hybridized carbons (Fsp3) is 0.229. The van der Waals surface area contributed by atoms with E-state index in [-0.39, 0.29) is 24.5 Å². The summed E-state index contributed by atoms with van der Waals surface area (Å²) in [6.45, 7) is 3.19. The topological polar surface area (TPSA) is 119 Å². The molecule has 8 rings (SSSR count). The number of rotatable bonds is 14. The number of pyridine rings is 1. The van der Waals surface area contributed by atoms with Crippen LogP contribution in [0.2, 0.25) is 10.0 Å². The van der Waals surface area contributed by atoms with Crippen molar-refractivity contribution in [3.05, 3.63) is 177 Å². The van der Waals surface area contributed by atoms with Gasteiger partial charge in [-0.05, 0) is 107 Å². The van der Waals surface area contributed by atoms with E-state index in [4.69, 9.17) is 42.1 Å². The van der Waals surface area contributed by atoms with Gasteiger partial charge in [-0.25, -0.2) is 4.79 Å². The Kier molecular flexibility index (Phi) is 12.5. The number of hydrogen-bond acceptors (Lipinski definition) is 8. The zero-order valence-corrected chi connectivity index (χ0v) is 34.3. The van der Waals surface area contributed by atoms with E-state index in [0.717, 1.165) is 39.8 Å². The van der Waals surface area contributed by atoms with Gasteiger partial charge in [0.1, 0.15) is 36.5 Å². The highest BCUT2D eigenvalue weighted by molar-refractivity contribution is 6.42. The lowest BCUT2D eigenvalue weighted by Gasteiger charge is -2.42. The van der Waals surface area contributed by atoms with E-state index in [1.165, 1.54) is 0 Å². The summed E-state index contributed by atoms with van der Waals surface area (Å²) in [5, 5.41) is 14.2. The fourth-order valence-electron chi connectivity index (χ4n) is 7.76. The van der Waals surface area contributed by atoms with Crippen molar-refractivity contribution in [1.29, 1.82) is 0 Å². The number of amides is 1. The number of halogens is 2. The van der Waals surface area contributed by atoms with Crippen LogP contribution >= 0.6 is 23.2 Å². The molecule has 306 valence electrons. The van der Waals surface area contributed by atoms with Crippen LogP contribution in [0.5, 0.6) is 28.7 Å². The number of carboxylic acid groups (broad SMARTS) is 1. The molecule has 0 saturated heterocycles. The highest BCUT2D eigenvalue weighted by atomic mass is 35.5. The van der Waals surface area contributed by atoms with Gasteiger partial charge in [0.25, 0.3) is 0 Å². The Labute approximate surface area is 358 Å². The third kappa shape index (κ3) is 9.52. The number of nitrogens with one attached hydrogen (secondary N) is 1. The molecule has 2 aliphatic heterocycles. The number of fused-ring (bicyclic) bond motifs is 2. The third-order valence-corrected chi connectivity index (χ3v) is 11.6. The van der Waals surface area contributed by atoms with Gasteiger partial charge < -0.3 is 29.4 Å². The minimum Gasteiger partial charge on any atom is -0.489 e. The van der Waals surface area contributed by atoms with Crippen molar-refractivity contribution in [2.75, 3.05) is 6.61 Å². The number of benzene rings is 5. The van der Waals surface area contributed by atoms with E-state index < -0.39 is 18.1 Å². The Balaban J connectivity index is 0.981. The first-order valence-corrected chi connectivity index (χ1v) is 20.6. The molecule has 60 heavy (non-hydrogen) atoms. The largest absolute Gasteiger partial charge is 0.489 e. The number of aliphatic carboxylic acids is 1. The molecular weight excluding hydrogens is 801 g/mol. The second kappa shape index (κ2) is 18.5. The number of ether oxygens (including phenoxy) is 4. The molecule has 5 aromatic carbocycles. The summed E-state index contributed by atoms with van der Waals surface area (Å²) in [4.78, 5) is 33.2. The molecule has 0 saturated carbocycles. The van der Waals surface area contributed by atoms with Gasteiger partial charge in [-0.3, -0.25) is 14.7 Å². The third-order valence-electron chi connectivity index (χ3n) is 10.9. The highest BCUT2D eigenvalue weighted by Gasteiger charge is 2.38. The number of carboxylic acids is 1. The second-order valence-corrected chi connectivity index (χ2v) is 15.7. The van der Waals surface area contributed by atoms with Crippen molar-refractivity contribution >= 4 is 35.1 Å². The normalized spacial score (nSPS) is 16.9. The fourth-order valence-corrected chi connectivity index (χ4v) is 8.08. The Morgan fingerprint density at radius 2 is 1.60 bits per heavy atom. The molecule has 2 aliphatic rings. The van der Waals surface area contributed by atoms with Gasteiger partial charge in [0.15, 0.2) is 17.6 Å². The first kappa shape index (κ1) is 40.7. The molecule has 1 amide bonds. The molecule has 0 radical (unpaired) electrons. The Morgan fingerprint density at radius 1 is 0.850 bits per heavy atom. The van der Waals surface area contributed by atoms with Crippen molar-refractivity contribution in [3.63, 3.8) is 0 Å².